The average molecular weight is 315 g/mol. The van der Waals surface area contributed by atoms with Crippen LogP contribution in [-0.2, 0) is 0 Å². The molecular weight excluding hydrogens is 305 g/mol. The molecule has 1 aromatic carbocycles. The van der Waals surface area contributed by atoms with E-state index in [0.717, 1.165) is 4.47 Å². The van der Waals surface area contributed by atoms with Crippen LogP contribution in [-0.4, -0.2) is 5.91 Å². The van der Waals surface area contributed by atoms with Gasteiger partial charge in [-0.15, -0.1) is 0 Å². The number of carbonyl (C=O) groups is 1. The summed E-state index contributed by atoms with van der Waals surface area (Å²) >= 11 is 9.29. The molecule has 0 bridgehead atoms. The Kier molecular flexibility index (Phi) is 3.54. The van der Waals surface area contributed by atoms with Gasteiger partial charge in [0, 0.05) is 4.47 Å². The first kappa shape index (κ1) is 12.2. The van der Waals surface area contributed by atoms with E-state index >= 15 is 0 Å². The van der Waals surface area contributed by atoms with E-state index in [9.17, 15) is 4.79 Å². The van der Waals surface area contributed by atoms with Crippen LogP contribution in [0.5, 0.6) is 0 Å². The molecule has 0 atom stereocenters. The van der Waals surface area contributed by atoms with E-state index < -0.39 is 0 Å². The summed E-state index contributed by atoms with van der Waals surface area (Å²) in [4.78, 5) is 11.8. The second-order valence-electron chi connectivity index (χ2n) is 3.49. The van der Waals surface area contributed by atoms with Crippen molar-refractivity contribution in [3.8, 4) is 0 Å². The Morgan fingerprint density at radius 2 is 2.12 bits per heavy atom. The normalized spacial score (nSPS) is 10.3. The predicted molar refractivity (Wildman–Crippen MR) is 70.6 cm³/mol. The monoisotopic (exact) mass is 313 g/mol. The Morgan fingerprint density at radius 3 is 2.71 bits per heavy atom. The number of aryl methyl sites for hydroxylation is 1. The van der Waals surface area contributed by atoms with Crippen molar-refractivity contribution in [1.82, 2.24) is 0 Å². The molecule has 0 aliphatic carbocycles. The minimum absolute atomic E-state index is 0.265. The van der Waals surface area contributed by atoms with Crippen LogP contribution in [0.2, 0.25) is 5.02 Å². The van der Waals surface area contributed by atoms with Crippen LogP contribution in [0.3, 0.4) is 0 Å². The number of hydrogen-bond donors (Lipinski definition) is 1. The van der Waals surface area contributed by atoms with Gasteiger partial charge in [-0.1, -0.05) is 27.5 Å². The lowest BCUT2D eigenvalue weighted by Gasteiger charge is -2.05. The van der Waals surface area contributed by atoms with Crippen LogP contribution in [0, 0.1) is 6.92 Å². The second-order valence-corrected chi connectivity index (χ2v) is 4.81. The zero-order valence-corrected chi connectivity index (χ0v) is 11.3. The Labute approximate surface area is 112 Å². The van der Waals surface area contributed by atoms with Gasteiger partial charge in [0.25, 0.3) is 5.91 Å². The minimum Gasteiger partial charge on any atom is -0.456 e. The predicted octanol–water partition coefficient (Wildman–Crippen LogP) is 4.26. The van der Waals surface area contributed by atoms with Gasteiger partial charge in [0.15, 0.2) is 5.76 Å². The fraction of sp³-hybridized carbons (Fsp3) is 0.0833. The van der Waals surface area contributed by atoms with E-state index in [1.54, 1.807) is 37.3 Å². The highest BCUT2D eigenvalue weighted by molar-refractivity contribution is 9.10. The summed E-state index contributed by atoms with van der Waals surface area (Å²) in [6, 6.07) is 8.59. The topological polar surface area (TPSA) is 42.2 Å². The molecule has 1 aromatic heterocycles. The van der Waals surface area contributed by atoms with Gasteiger partial charge >= 0.3 is 0 Å². The van der Waals surface area contributed by atoms with E-state index in [4.69, 9.17) is 16.0 Å². The summed E-state index contributed by atoms with van der Waals surface area (Å²) in [5.74, 6) is 0.640. The van der Waals surface area contributed by atoms with Crippen LogP contribution < -0.4 is 5.32 Å². The average Bonchev–Trinajstić information content (AvgIpc) is 2.69. The highest BCUT2D eigenvalue weighted by atomic mass is 79.9. The second kappa shape index (κ2) is 4.94. The first-order valence-corrected chi connectivity index (χ1v) is 6.06. The molecule has 3 nitrogen and oxygen atoms in total. The van der Waals surface area contributed by atoms with Crippen molar-refractivity contribution in [2.24, 2.45) is 0 Å². The summed E-state index contributed by atoms with van der Waals surface area (Å²) in [6.45, 7) is 1.78. The lowest BCUT2D eigenvalue weighted by atomic mass is 10.3. The zero-order valence-electron chi connectivity index (χ0n) is 8.96. The number of amides is 1. The van der Waals surface area contributed by atoms with Gasteiger partial charge in [-0.05, 0) is 37.3 Å². The Hall–Kier alpha value is -1.26. The number of furan rings is 1. The van der Waals surface area contributed by atoms with Gasteiger partial charge < -0.3 is 9.73 Å². The van der Waals surface area contributed by atoms with Crippen LogP contribution in [0.4, 0.5) is 5.69 Å². The van der Waals surface area contributed by atoms with Crippen molar-refractivity contribution in [1.29, 1.82) is 0 Å². The number of halogens is 2. The molecule has 1 heterocycles. The maximum atomic E-state index is 11.8. The number of carbonyl (C=O) groups excluding carboxylic acids is 1. The summed E-state index contributed by atoms with van der Waals surface area (Å²) in [6.07, 6.45) is 0. The quantitative estimate of drug-likeness (QED) is 0.900. The molecule has 17 heavy (non-hydrogen) atoms. The molecule has 0 aliphatic heterocycles. The number of hydrogen-bond acceptors (Lipinski definition) is 2. The molecule has 0 saturated carbocycles. The molecule has 5 heteroatoms. The van der Waals surface area contributed by atoms with Crippen molar-refractivity contribution in [3.05, 3.63) is 51.3 Å². The summed E-state index contributed by atoms with van der Waals surface area (Å²) in [5, 5.41) is 3.15. The van der Waals surface area contributed by atoms with Crippen molar-refractivity contribution in [3.63, 3.8) is 0 Å². The minimum atomic E-state index is -0.317. The van der Waals surface area contributed by atoms with Gasteiger partial charge in [-0.3, -0.25) is 4.79 Å². The molecular formula is C12H9BrClNO2. The van der Waals surface area contributed by atoms with Gasteiger partial charge in [-0.2, -0.15) is 0 Å². The molecule has 1 amide bonds. The third-order valence-electron chi connectivity index (χ3n) is 2.14. The number of benzene rings is 1. The zero-order chi connectivity index (χ0) is 12.4. The van der Waals surface area contributed by atoms with Gasteiger partial charge in [0.1, 0.15) is 5.76 Å². The highest BCUT2D eigenvalue weighted by Crippen LogP contribution is 2.26. The van der Waals surface area contributed by atoms with Gasteiger partial charge in [-0.25, -0.2) is 0 Å². The lowest BCUT2D eigenvalue weighted by Crippen LogP contribution is -2.11. The molecule has 2 aromatic rings. The van der Waals surface area contributed by atoms with Crippen LogP contribution >= 0.6 is 27.5 Å². The molecule has 0 saturated heterocycles. The van der Waals surface area contributed by atoms with Gasteiger partial charge in [0.2, 0.25) is 0 Å². The number of rotatable bonds is 2. The lowest BCUT2D eigenvalue weighted by molar-refractivity contribution is 0.0995. The van der Waals surface area contributed by atoms with Crippen LogP contribution in [0.25, 0.3) is 0 Å². The number of anilines is 1. The Balaban J connectivity index is 2.18. The largest absolute Gasteiger partial charge is 0.456 e. The Bertz CT molecular complexity index is 565. The fourth-order valence-corrected chi connectivity index (χ4v) is 2.05. The molecule has 0 fully saturated rings. The highest BCUT2D eigenvalue weighted by Gasteiger charge is 2.11. The molecule has 0 aliphatic rings. The maximum absolute atomic E-state index is 11.8. The van der Waals surface area contributed by atoms with Crippen molar-refractivity contribution < 1.29 is 9.21 Å². The van der Waals surface area contributed by atoms with Gasteiger partial charge in [0.05, 0.1) is 10.7 Å². The van der Waals surface area contributed by atoms with E-state index in [2.05, 4.69) is 21.2 Å². The van der Waals surface area contributed by atoms with E-state index in [-0.39, 0.29) is 11.7 Å². The first-order valence-electron chi connectivity index (χ1n) is 4.89. The van der Waals surface area contributed by atoms with Crippen molar-refractivity contribution in [2.75, 3.05) is 5.32 Å². The van der Waals surface area contributed by atoms with Crippen molar-refractivity contribution in [2.45, 2.75) is 6.92 Å². The molecule has 1 N–H and O–H groups in total. The van der Waals surface area contributed by atoms with E-state index in [1.807, 2.05) is 0 Å². The van der Waals surface area contributed by atoms with Crippen molar-refractivity contribution >= 4 is 39.1 Å². The molecule has 0 spiro atoms. The summed E-state index contributed by atoms with van der Waals surface area (Å²) in [7, 11) is 0. The standard InChI is InChI=1S/C12H9BrClNO2/c1-7-2-5-11(17-7)12(16)15-10-4-3-8(13)6-9(10)14/h2-6H,1H3,(H,15,16). The van der Waals surface area contributed by atoms with E-state index in [0.29, 0.717) is 16.5 Å². The van der Waals surface area contributed by atoms with Crippen LogP contribution in [0.15, 0.2) is 39.2 Å². The third-order valence-corrected chi connectivity index (χ3v) is 2.95. The maximum Gasteiger partial charge on any atom is 0.291 e. The molecule has 2 rings (SSSR count). The summed E-state index contributed by atoms with van der Waals surface area (Å²) in [5.41, 5.74) is 0.550. The third kappa shape index (κ3) is 2.90. The Morgan fingerprint density at radius 1 is 1.35 bits per heavy atom. The number of nitrogens with one attached hydrogen (secondary N) is 1. The van der Waals surface area contributed by atoms with E-state index in [1.165, 1.54) is 0 Å². The smallest absolute Gasteiger partial charge is 0.291 e. The fourth-order valence-electron chi connectivity index (χ4n) is 1.33. The molecule has 0 unspecified atom stereocenters. The first-order chi connectivity index (χ1) is 8.06. The molecule has 0 radical (unpaired) electrons. The van der Waals surface area contributed by atoms with Crippen LogP contribution in [0.1, 0.15) is 16.3 Å². The molecule has 88 valence electrons. The SMILES string of the molecule is Cc1ccc(C(=O)Nc2ccc(Br)cc2Cl)o1. The summed E-state index contributed by atoms with van der Waals surface area (Å²) < 4.78 is 6.07.